The minimum Gasteiger partial charge on any atom is -0.463 e. The van der Waals surface area contributed by atoms with Crippen LogP contribution in [0.3, 0.4) is 0 Å². The standard InChI is InChI=1S/C22H44O4/c1-20(2)16-14-12-10-8-6-4-3-5-7-9-11-13-15-17-22(25)26-19-21(24)18-23/h20-21,23-24H,3-19H2,1-2H3/t21-/m1/s1. The van der Waals surface area contributed by atoms with Crippen molar-refractivity contribution in [2.24, 2.45) is 5.92 Å². The Kier molecular flexibility index (Phi) is 18.7. The van der Waals surface area contributed by atoms with Gasteiger partial charge >= 0.3 is 5.97 Å². The van der Waals surface area contributed by atoms with E-state index in [0.29, 0.717) is 6.42 Å². The van der Waals surface area contributed by atoms with Crippen LogP contribution in [0.4, 0.5) is 0 Å². The normalized spacial score (nSPS) is 12.5. The molecule has 0 amide bonds. The highest BCUT2D eigenvalue weighted by molar-refractivity contribution is 5.69. The molecule has 2 N–H and O–H groups in total. The number of unbranched alkanes of at least 4 members (excludes halogenated alkanes) is 12. The molecular weight excluding hydrogens is 328 g/mol. The molecule has 0 fully saturated rings. The van der Waals surface area contributed by atoms with Gasteiger partial charge in [-0.3, -0.25) is 4.79 Å². The molecule has 0 spiro atoms. The van der Waals surface area contributed by atoms with E-state index in [-0.39, 0.29) is 19.2 Å². The lowest BCUT2D eigenvalue weighted by molar-refractivity contribution is -0.147. The number of rotatable bonds is 19. The Bertz CT molecular complexity index is 305. The molecule has 0 aliphatic heterocycles. The molecule has 0 unspecified atom stereocenters. The first-order valence-corrected chi connectivity index (χ1v) is 11.0. The Morgan fingerprint density at radius 3 is 1.62 bits per heavy atom. The Morgan fingerprint density at radius 2 is 1.19 bits per heavy atom. The zero-order chi connectivity index (χ0) is 19.5. The first kappa shape index (κ1) is 25.4. The molecule has 0 radical (unpaired) electrons. The second-order valence-corrected chi connectivity index (χ2v) is 8.05. The van der Waals surface area contributed by atoms with E-state index in [1.807, 2.05) is 0 Å². The van der Waals surface area contributed by atoms with E-state index >= 15 is 0 Å². The van der Waals surface area contributed by atoms with Crippen LogP contribution in [0, 0.1) is 5.92 Å². The monoisotopic (exact) mass is 372 g/mol. The van der Waals surface area contributed by atoms with E-state index in [1.54, 1.807) is 0 Å². The number of ether oxygens (including phenoxy) is 1. The third-order valence-corrected chi connectivity index (χ3v) is 4.81. The molecular formula is C22H44O4. The summed E-state index contributed by atoms with van der Waals surface area (Å²) in [5, 5.41) is 17.7. The quantitative estimate of drug-likeness (QED) is 0.236. The van der Waals surface area contributed by atoms with E-state index in [2.05, 4.69) is 13.8 Å². The molecule has 156 valence electrons. The fraction of sp³-hybridized carbons (Fsp3) is 0.955. The maximum absolute atomic E-state index is 11.4. The van der Waals surface area contributed by atoms with E-state index in [1.165, 1.54) is 77.0 Å². The van der Waals surface area contributed by atoms with Gasteiger partial charge in [-0.2, -0.15) is 0 Å². The summed E-state index contributed by atoms with van der Waals surface area (Å²) in [6, 6.07) is 0. The van der Waals surface area contributed by atoms with Gasteiger partial charge in [0.2, 0.25) is 0 Å². The highest BCUT2D eigenvalue weighted by Crippen LogP contribution is 2.14. The average Bonchev–Trinajstić information content (AvgIpc) is 2.62. The van der Waals surface area contributed by atoms with Crippen molar-refractivity contribution in [2.45, 2.75) is 116 Å². The van der Waals surface area contributed by atoms with Crippen molar-refractivity contribution in [2.75, 3.05) is 13.2 Å². The number of hydrogen-bond donors (Lipinski definition) is 2. The molecule has 0 aromatic heterocycles. The van der Waals surface area contributed by atoms with Crippen LogP contribution in [0.1, 0.15) is 110 Å². The molecule has 0 aromatic carbocycles. The van der Waals surface area contributed by atoms with Gasteiger partial charge in [0.25, 0.3) is 0 Å². The maximum atomic E-state index is 11.4. The van der Waals surface area contributed by atoms with E-state index in [0.717, 1.165) is 18.8 Å². The Morgan fingerprint density at radius 1 is 0.769 bits per heavy atom. The van der Waals surface area contributed by atoms with Crippen molar-refractivity contribution < 1.29 is 19.7 Å². The van der Waals surface area contributed by atoms with Crippen molar-refractivity contribution in [1.29, 1.82) is 0 Å². The van der Waals surface area contributed by atoms with Gasteiger partial charge in [-0.1, -0.05) is 97.3 Å². The fourth-order valence-electron chi connectivity index (χ4n) is 3.08. The van der Waals surface area contributed by atoms with E-state index < -0.39 is 6.10 Å². The van der Waals surface area contributed by atoms with Gasteiger partial charge in [0.05, 0.1) is 6.61 Å². The number of carbonyl (C=O) groups excluding carboxylic acids is 1. The van der Waals surface area contributed by atoms with Gasteiger partial charge in [-0.05, 0) is 12.3 Å². The molecule has 0 saturated heterocycles. The minimum absolute atomic E-state index is 0.104. The zero-order valence-electron chi connectivity index (χ0n) is 17.4. The maximum Gasteiger partial charge on any atom is 0.305 e. The van der Waals surface area contributed by atoms with Crippen molar-refractivity contribution in [1.82, 2.24) is 0 Å². The predicted molar refractivity (Wildman–Crippen MR) is 108 cm³/mol. The number of esters is 1. The molecule has 0 saturated carbocycles. The first-order valence-electron chi connectivity index (χ1n) is 11.0. The summed E-state index contributed by atoms with van der Waals surface area (Å²) in [7, 11) is 0. The minimum atomic E-state index is -0.955. The lowest BCUT2D eigenvalue weighted by atomic mass is 10.0. The van der Waals surface area contributed by atoms with Crippen molar-refractivity contribution in [3.05, 3.63) is 0 Å². The lowest BCUT2D eigenvalue weighted by Crippen LogP contribution is -2.21. The van der Waals surface area contributed by atoms with Crippen molar-refractivity contribution in [3.8, 4) is 0 Å². The summed E-state index contributed by atoms with van der Waals surface area (Å²) in [4.78, 5) is 11.4. The largest absolute Gasteiger partial charge is 0.463 e. The summed E-state index contributed by atoms with van der Waals surface area (Å²) >= 11 is 0. The van der Waals surface area contributed by atoms with Crippen LogP contribution in [0.25, 0.3) is 0 Å². The third-order valence-electron chi connectivity index (χ3n) is 4.81. The Labute approximate surface area is 161 Å². The van der Waals surface area contributed by atoms with Crippen LogP contribution in [0.2, 0.25) is 0 Å². The smallest absolute Gasteiger partial charge is 0.305 e. The van der Waals surface area contributed by atoms with Crippen LogP contribution in [-0.4, -0.2) is 35.5 Å². The molecule has 26 heavy (non-hydrogen) atoms. The topological polar surface area (TPSA) is 66.8 Å². The van der Waals surface area contributed by atoms with Crippen LogP contribution in [0.15, 0.2) is 0 Å². The van der Waals surface area contributed by atoms with Gasteiger partial charge in [0.15, 0.2) is 0 Å². The van der Waals surface area contributed by atoms with Crippen LogP contribution >= 0.6 is 0 Å². The molecule has 0 aromatic rings. The van der Waals surface area contributed by atoms with E-state index in [4.69, 9.17) is 14.9 Å². The van der Waals surface area contributed by atoms with Crippen LogP contribution in [-0.2, 0) is 9.53 Å². The zero-order valence-corrected chi connectivity index (χ0v) is 17.4. The van der Waals surface area contributed by atoms with E-state index in [9.17, 15) is 4.79 Å². The highest BCUT2D eigenvalue weighted by Gasteiger charge is 2.07. The van der Waals surface area contributed by atoms with Gasteiger partial charge < -0.3 is 14.9 Å². The molecule has 4 nitrogen and oxygen atoms in total. The van der Waals surface area contributed by atoms with Gasteiger partial charge in [-0.25, -0.2) is 0 Å². The SMILES string of the molecule is CC(C)CCCCCCCCCCCCCCCC(=O)OC[C@H](O)CO. The average molecular weight is 373 g/mol. The molecule has 0 bridgehead atoms. The molecule has 0 rings (SSSR count). The van der Waals surface area contributed by atoms with Crippen molar-refractivity contribution >= 4 is 5.97 Å². The summed E-state index contributed by atoms with van der Waals surface area (Å²) in [5.41, 5.74) is 0. The number of aliphatic hydroxyl groups is 2. The molecule has 1 atom stereocenters. The molecule has 0 aliphatic carbocycles. The van der Waals surface area contributed by atoms with Gasteiger partial charge in [0, 0.05) is 6.42 Å². The predicted octanol–water partition coefficient (Wildman–Crippen LogP) is 5.39. The molecule has 0 heterocycles. The summed E-state index contributed by atoms with van der Waals surface area (Å²) in [5.74, 6) is 0.580. The van der Waals surface area contributed by atoms with Gasteiger partial charge in [-0.15, -0.1) is 0 Å². The Balaban J connectivity index is 3.14. The van der Waals surface area contributed by atoms with Crippen LogP contribution in [0.5, 0.6) is 0 Å². The first-order chi connectivity index (χ1) is 12.6. The Hall–Kier alpha value is -0.610. The number of aliphatic hydroxyl groups excluding tert-OH is 2. The van der Waals surface area contributed by atoms with Crippen molar-refractivity contribution in [3.63, 3.8) is 0 Å². The summed E-state index contributed by atoms with van der Waals surface area (Å²) < 4.78 is 4.87. The fourth-order valence-corrected chi connectivity index (χ4v) is 3.08. The lowest BCUT2D eigenvalue weighted by Gasteiger charge is -2.08. The van der Waals surface area contributed by atoms with Crippen LogP contribution < -0.4 is 0 Å². The second kappa shape index (κ2) is 19.2. The second-order valence-electron chi connectivity index (χ2n) is 8.05. The third kappa shape index (κ3) is 19.7. The number of carbonyl (C=O) groups is 1. The van der Waals surface area contributed by atoms with Gasteiger partial charge in [0.1, 0.15) is 12.7 Å². The highest BCUT2D eigenvalue weighted by atomic mass is 16.5. The summed E-state index contributed by atoms with van der Waals surface area (Å²) in [6.45, 7) is 4.14. The molecule has 4 heteroatoms. The molecule has 0 aliphatic rings. The number of hydrogen-bond acceptors (Lipinski definition) is 4. The summed E-state index contributed by atoms with van der Waals surface area (Å²) in [6.07, 6.45) is 17.6.